The summed E-state index contributed by atoms with van der Waals surface area (Å²) < 4.78 is 49.9. The summed E-state index contributed by atoms with van der Waals surface area (Å²) in [7, 11) is 1.24. The number of carbonyl (C=O) groups excluding carboxylic acids is 1. The molecule has 2 aromatic rings. The normalized spacial score (nSPS) is 20.5. The third kappa shape index (κ3) is 4.17. The lowest BCUT2D eigenvalue weighted by Gasteiger charge is -2.38. The van der Waals surface area contributed by atoms with Crippen LogP contribution in [0.15, 0.2) is 39.6 Å². The van der Waals surface area contributed by atoms with Crippen molar-refractivity contribution < 1.29 is 27.2 Å². The van der Waals surface area contributed by atoms with E-state index in [1.165, 1.54) is 30.2 Å². The zero-order valence-electron chi connectivity index (χ0n) is 14.6. The van der Waals surface area contributed by atoms with Crippen LogP contribution in [-0.2, 0) is 17.3 Å². The molecule has 2 heterocycles. The Morgan fingerprint density at radius 2 is 2.11 bits per heavy atom. The fraction of sp³-hybridized carbons (Fsp3) is 0.444. The van der Waals surface area contributed by atoms with Gasteiger partial charge in [0.15, 0.2) is 0 Å². The number of benzene rings is 1. The minimum atomic E-state index is -4.48. The summed E-state index contributed by atoms with van der Waals surface area (Å²) in [5.74, 6) is 0.270. The Bertz CT molecular complexity index is 859. The van der Waals surface area contributed by atoms with Crippen molar-refractivity contribution in [2.75, 3.05) is 13.7 Å². The molecule has 146 valence electrons. The highest BCUT2D eigenvalue weighted by Crippen LogP contribution is 2.36. The summed E-state index contributed by atoms with van der Waals surface area (Å²) in [6, 6.07) is 6.14. The van der Waals surface area contributed by atoms with Gasteiger partial charge in [0.05, 0.1) is 12.7 Å². The predicted molar refractivity (Wildman–Crippen MR) is 89.4 cm³/mol. The maximum absolute atomic E-state index is 13.3. The van der Waals surface area contributed by atoms with E-state index in [1.807, 2.05) is 0 Å². The number of rotatable bonds is 3. The molecule has 1 aliphatic heterocycles. The Morgan fingerprint density at radius 3 is 2.74 bits per heavy atom. The Balaban J connectivity index is 1.88. The summed E-state index contributed by atoms with van der Waals surface area (Å²) in [5.41, 5.74) is -0.982. The van der Waals surface area contributed by atoms with Crippen molar-refractivity contribution in [3.05, 3.63) is 57.6 Å². The van der Waals surface area contributed by atoms with Crippen molar-refractivity contribution in [2.45, 2.75) is 37.4 Å². The number of aromatic amines is 1. The van der Waals surface area contributed by atoms with Gasteiger partial charge in [-0.15, -0.1) is 0 Å². The number of aromatic nitrogens is 1. The quantitative estimate of drug-likeness (QED) is 0.878. The molecule has 1 aromatic carbocycles. The predicted octanol–water partition coefficient (Wildman–Crippen LogP) is 3.54. The van der Waals surface area contributed by atoms with Crippen LogP contribution >= 0.6 is 0 Å². The van der Waals surface area contributed by atoms with Crippen LogP contribution in [0.5, 0.6) is 0 Å². The smallest absolute Gasteiger partial charge is 0.416 e. The van der Waals surface area contributed by atoms with Crippen LogP contribution in [0.2, 0.25) is 0 Å². The molecule has 0 bridgehead atoms. The van der Waals surface area contributed by atoms with Gasteiger partial charge < -0.3 is 14.2 Å². The largest absolute Gasteiger partial charge is 0.453 e. The SMILES string of the molecule is COC(=O)N1CC[C@@H](c2cc(=O)[nH]o2)C[C@H]1Cc1ccccc1C(F)(F)F. The number of alkyl halides is 3. The van der Waals surface area contributed by atoms with Gasteiger partial charge >= 0.3 is 12.3 Å². The molecule has 0 unspecified atom stereocenters. The van der Waals surface area contributed by atoms with Gasteiger partial charge in [-0.05, 0) is 30.9 Å². The van der Waals surface area contributed by atoms with E-state index >= 15 is 0 Å². The van der Waals surface area contributed by atoms with Crippen LogP contribution in [0.25, 0.3) is 0 Å². The molecule has 3 rings (SSSR count). The maximum Gasteiger partial charge on any atom is 0.416 e. The molecule has 1 fully saturated rings. The number of nitrogens with zero attached hydrogens (tertiary/aromatic N) is 1. The lowest BCUT2D eigenvalue weighted by atomic mass is 9.85. The first-order valence-electron chi connectivity index (χ1n) is 8.47. The summed E-state index contributed by atoms with van der Waals surface area (Å²) in [6.07, 6.45) is -4.15. The molecular weight excluding hydrogens is 365 g/mol. The molecule has 1 saturated heterocycles. The summed E-state index contributed by atoms with van der Waals surface area (Å²) in [5, 5.41) is 2.22. The fourth-order valence-corrected chi connectivity index (χ4v) is 3.59. The van der Waals surface area contributed by atoms with Gasteiger partial charge in [0, 0.05) is 24.6 Å². The Kier molecular flexibility index (Phi) is 5.29. The van der Waals surface area contributed by atoms with Crippen molar-refractivity contribution >= 4 is 6.09 Å². The van der Waals surface area contributed by atoms with E-state index in [4.69, 9.17) is 9.26 Å². The molecule has 2 atom stereocenters. The van der Waals surface area contributed by atoms with Gasteiger partial charge in [-0.25, -0.2) is 4.79 Å². The van der Waals surface area contributed by atoms with Gasteiger partial charge in [0.2, 0.25) is 0 Å². The van der Waals surface area contributed by atoms with E-state index in [9.17, 15) is 22.8 Å². The zero-order valence-corrected chi connectivity index (χ0v) is 14.6. The van der Waals surface area contributed by atoms with Gasteiger partial charge in [-0.2, -0.15) is 18.3 Å². The molecule has 0 spiro atoms. The van der Waals surface area contributed by atoms with Crippen molar-refractivity contribution in [3.63, 3.8) is 0 Å². The lowest BCUT2D eigenvalue weighted by Crippen LogP contribution is -2.46. The first-order valence-corrected chi connectivity index (χ1v) is 8.47. The molecule has 27 heavy (non-hydrogen) atoms. The highest BCUT2D eigenvalue weighted by molar-refractivity contribution is 5.68. The number of carbonyl (C=O) groups is 1. The number of ether oxygens (including phenoxy) is 1. The van der Waals surface area contributed by atoms with Crippen molar-refractivity contribution in [3.8, 4) is 0 Å². The number of methoxy groups -OCH3 is 1. The Labute approximate surface area is 152 Å². The van der Waals surface area contributed by atoms with E-state index in [2.05, 4.69) is 5.16 Å². The van der Waals surface area contributed by atoms with Gasteiger partial charge in [-0.1, -0.05) is 18.2 Å². The zero-order chi connectivity index (χ0) is 19.6. The third-order valence-corrected chi connectivity index (χ3v) is 4.85. The van der Waals surface area contributed by atoms with Crippen molar-refractivity contribution in [1.29, 1.82) is 0 Å². The van der Waals surface area contributed by atoms with Gasteiger partial charge in [-0.3, -0.25) is 4.79 Å². The van der Waals surface area contributed by atoms with E-state index < -0.39 is 23.9 Å². The van der Waals surface area contributed by atoms with Gasteiger partial charge in [0.1, 0.15) is 5.76 Å². The van der Waals surface area contributed by atoms with E-state index in [1.54, 1.807) is 6.07 Å². The number of nitrogens with one attached hydrogen (secondary N) is 1. The molecular formula is C18H19F3N2O4. The summed E-state index contributed by atoms with van der Waals surface area (Å²) in [4.78, 5) is 24.9. The number of halogens is 3. The highest BCUT2D eigenvalue weighted by atomic mass is 19.4. The minimum absolute atomic E-state index is 0.0237. The molecule has 0 radical (unpaired) electrons. The average molecular weight is 384 g/mol. The molecule has 6 nitrogen and oxygen atoms in total. The second-order valence-electron chi connectivity index (χ2n) is 6.51. The van der Waals surface area contributed by atoms with Crippen LogP contribution < -0.4 is 5.56 Å². The second kappa shape index (κ2) is 7.50. The number of hydrogen-bond donors (Lipinski definition) is 1. The third-order valence-electron chi connectivity index (χ3n) is 4.85. The Morgan fingerprint density at radius 1 is 1.37 bits per heavy atom. The number of likely N-dealkylation sites (tertiary alicyclic amines) is 1. The molecule has 0 saturated carbocycles. The van der Waals surface area contributed by atoms with Crippen molar-refractivity contribution in [2.24, 2.45) is 0 Å². The molecule has 1 N–H and O–H groups in total. The molecule has 9 heteroatoms. The lowest BCUT2D eigenvalue weighted by molar-refractivity contribution is -0.138. The second-order valence-corrected chi connectivity index (χ2v) is 6.51. The van der Waals surface area contributed by atoms with Crippen molar-refractivity contribution in [1.82, 2.24) is 10.1 Å². The molecule has 1 aromatic heterocycles. The van der Waals surface area contributed by atoms with E-state index in [-0.39, 0.29) is 23.5 Å². The maximum atomic E-state index is 13.3. The Hall–Kier alpha value is -2.71. The highest BCUT2D eigenvalue weighted by Gasteiger charge is 2.37. The first kappa shape index (κ1) is 19.1. The first-order chi connectivity index (χ1) is 12.8. The summed E-state index contributed by atoms with van der Waals surface area (Å²) >= 11 is 0. The van der Waals surface area contributed by atoms with Crippen LogP contribution in [0.3, 0.4) is 0 Å². The summed E-state index contributed by atoms with van der Waals surface area (Å²) in [6.45, 7) is 0.297. The minimum Gasteiger partial charge on any atom is -0.453 e. The number of amides is 1. The van der Waals surface area contributed by atoms with Crippen LogP contribution in [0, 0.1) is 0 Å². The van der Waals surface area contributed by atoms with Gasteiger partial charge in [0.25, 0.3) is 5.56 Å². The van der Waals surface area contributed by atoms with Crippen LogP contribution in [0.1, 0.15) is 35.6 Å². The molecule has 1 aliphatic rings. The molecule has 0 aliphatic carbocycles. The van der Waals surface area contributed by atoms with E-state index in [0.29, 0.717) is 25.1 Å². The number of piperidine rings is 1. The standard InChI is InChI=1S/C18H19F3N2O4/c1-26-17(25)23-7-6-12(15-10-16(24)22-27-15)9-13(23)8-11-4-2-3-5-14(11)18(19,20)21/h2-5,10,12-13H,6-9H2,1H3,(H,22,24)/t12-,13-/m1/s1. The molecule has 1 amide bonds. The van der Waals surface area contributed by atoms with Crippen LogP contribution in [0.4, 0.5) is 18.0 Å². The average Bonchev–Trinajstić information content (AvgIpc) is 3.07. The number of hydrogen-bond acceptors (Lipinski definition) is 4. The topological polar surface area (TPSA) is 75.5 Å². The number of H-pyrrole nitrogens is 1. The fourth-order valence-electron chi connectivity index (χ4n) is 3.59. The van der Waals surface area contributed by atoms with Crippen LogP contribution in [-0.4, -0.2) is 35.8 Å². The monoisotopic (exact) mass is 384 g/mol. The van der Waals surface area contributed by atoms with E-state index in [0.717, 1.165) is 6.07 Å².